The van der Waals surface area contributed by atoms with E-state index >= 15 is 0 Å². The van der Waals surface area contributed by atoms with Crippen LogP contribution >= 0.6 is 11.6 Å². The van der Waals surface area contributed by atoms with Gasteiger partial charge in [-0.25, -0.2) is 4.68 Å². The van der Waals surface area contributed by atoms with Crippen LogP contribution < -0.4 is 10.1 Å². The van der Waals surface area contributed by atoms with E-state index in [0.29, 0.717) is 16.5 Å². The van der Waals surface area contributed by atoms with Crippen LogP contribution in [0.5, 0.6) is 5.75 Å². The number of methoxy groups -OCH3 is 1. The zero-order valence-corrected chi connectivity index (χ0v) is 15.9. The van der Waals surface area contributed by atoms with Gasteiger partial charge in [0.15, 0.2) is 0 Å². The van der Waals surface area contributed by atoms with Crippen LogP contribution in [0.3, 0.4) is 0 Å². The van der Waals surface area contributed by atoms with Crippen LogP contribution in [0.15, 0.2) is 24.4 Å². The van der Waals surface area contributed by atoms with Crippen LogP contribution in [-0.4, -0.2) is 58.6 Å². The van der Waals surface area contributed by atoms with Crippen LogP contribution in [0.25, 0.3) is 11.3 Å². The summed E-state index contributed by atoms with van der Waals surface area (Å²) in [6, 6.07) is 5.65. The number of nitrogens with one attached hydrogen (secondary N) is 1. The van der Waals surface area contributed by atoms with Gasteiger partial charge in [-0.3, -0.25) is 4.79 Å². The molecule has 1 amide bonds. The van der Waals surface area contributed by atoms with Crippen molar-refractivity contribution in [2.45, 2.75) is 32.4 Å². The van der Waals surface area contributed by atoms with Crippen molar-refractivity contribution in [2.24, 2.45) is 0 Å². The van der Waals surface area contributed by atoms with E-state index in [1.807, 2.05) is 6.07 Å². The summed E-state index contributed by atoms with van der Waals surface area (Å²) < 4.78 is 6.77. The minimum Gasteiger partial charge on any atom is -0.495 e. The number of amides is 1. The lowest BCUT2D eigenvalue weighted by Crippen LogP contribution is -2.45. The van der Waals surface area contributed by atoms with Crippen molar-refractivity contribution in [1.29, 1.82) is 0 Å². The van der Waals surface area contributed by atoms with Crippen molar-refractivity contribution in [1.82, 2.24) is 25.2 Å². The van der Waals surface area contributed by atoms with E-state index < -0.39 is 0 Å². The first kappa shape index (κ1) is 18.7. The van der Waals surface area contributed by atoms with E-state index in [0.717, 1.165) is 38.0 Å². The Kier molecular flexibility index (Phi) is 6.11. The second-order valence-corrected chi connectivity index (χ2v) is 6.83. The van der Waals surface area contributed by atoms with Gasteiger partial charge in [-0.1, -0.05) is 29.8 Å². The van der Waals surface area contributed by atoms with Gasteiger partial charge >= 0.3 is 0 Å². The molecule has 1 aliphatic heterocycles. The number of carbonyl (C=O) groups is 1. The zero-order valence-electron chi connectivity index (χ0n) is 15.1. The SMILES string of the molecule is CCN1CCC(NC(=O)Cn2cc(-c3ccc(Cl)c(OC)c3)nn2)CC1. The molecular weight excluding hydrogens is 354 g/mol. The maximum atomic E-state index is 12.3. The van der Waals surface area contributed by atoms with E-state index in [1.54, 1.807) is 30.1 Å². The van der Waals surface area contributed by atoms with Crippen LogP contribution in [-0.2, 0) is 11.3 Å². The molecule has 0 saturated carbocycles. The van der Waals surface area contributed by atoms with Crippen molar-refractivity contribution >= 4 is 17.5 Å². The molecular formula is C18H24ClN5O2. The summed E-state index contributed by atoms with van der Waals surface area (Å²) >= 11 is 6.05. The maximum absolute atomic E-state index is 12.3. The Morgan fingerprint density at radius 1 is 1.38 bits per heavy atom. The van der Waals surface area contributed by atoms with Crippen LogP contribution in [0.2, 0.25) is 5.02 Å². The molecule has 0 unspecified atom stereocenters. The highest BCUT2D eigenvalue weighted by Gasteiger charge is 2.20. The molecule has 0 bridgehead atoms. The van der Waals surface area contributed by atoms with Crippen molar-refractivity contribution in [3.8, 4) is 17.0 Å². The molecule has 1 saturated heterocycles. The number of rotatable bonds is 6. The standard InChI is InChI=1S/C18H24ClN5O2/c1-3-23-8-6-14(7-9-23)20-18(25)12-24-11-16(21-22-24)13-4-5-15(19)17(10-13)26-2/h4-5,10-11,14H,3,6-9,12H2,1-2H3,(H,20,25). The minimum atomic E-state index is -0.0370. The fourth-order valence-corrected chi connectivity index (χ4v) is 3.34. The van der Waals surface area contributed by atoms with E-state index in [1.165, 1.54) is 0 Å². The van der Waals surface area contributed by atoms with Gasteiger partial charge in [-0.05, 0) is 31.5 Å². The second kappa shape index (κ2) is 8.51. The first-order chi connectivity index (χ1) is 12.6. The Morgan fingerprint density at radius 3 is 2.85 bits per heavy atom. The molecule has 2 heterocycles. The van der Waals surface area contributed by atoms with E-state index in [9.17, 15) is 4.79 Å². The molecule has 1 fully saturated rings. The molecule has 0 spiro atoms. The topological polar surface area (TPSA) is 72.3 Å². The minimum absolute atomic E-state index is 0.0370. The number of aromatic nitrogens is 3. The number of ether oxygens (including phenoxy) is 1. The van der Waals surface area contributed by atoms with Crippen molar-refractivity contribution in [3.05, 3.63) is 29.4 Å². The smallest absolute Gasteiger partial charge is 0.242 e. The largest absolute Gasteiger partial charge is 0.495 e. The van der Waals surface area contributed by atoms with Crippen molar-refractivity contribution in [3.63, 3.8) is 0 Å². The Balaban J connectivity index is 1.57. The number of piperidine rings is 1. The summed E-state index contributed by atoms with van der Waals surface area (Å²) in [6.45, 7) is 5.46. The third kappa shape index (κ3) is 4.53. The molecule has 0 radical (unpaired) electrons. The van der Waals surface area contributed by atoms with Crippen LogP contribution in [0.4, 0.5) is 0 Å². The first-order valence-corrected chi connectivity index (χ1v) is 9.22. The van der Waals surface area contributed by atoms with Crippen molar-refractivity contribution in [2.75, 3.05) is 26.7 Å². The van der Waals surface area contributed by atoms with Gasteiger partial charge in [0.05, 0.1) is 18.3 Å². The molecule has 26 heavy (non-hydrogen) atoms. The molecule has 0 aliphatic carbocycles. The summed E-state index contributed by atoms with van der Waals surface area (Å²) in [5, 5.41) is 11.8. The monoisotopic (exact) mass is 377 g/mol. The number of nitrogens with zero attached hydrogens (tertiary/aromatic N) is 4. The highest BCUT2D eigenvalue weighted by Crippen LogP contribution is 2.29. The third-order valence-electron chi connectivity index (χ3n) is 4.69. The molecule has 140 valence electrons. The second-order valence-electron chi connectivity index (χ2n) is 6.43. The average Bonchev–Trinajstić information content (AvgIpc) is 3.11. The quantitative estimate of drug-likeness (QED) is 0.835. The van der Waals surface area contributed by atoms with Gasteiger partial charge in [-0.2, -0.15) is 0 Å². The summed E-state index contributed by atoms with van der Waals surface area (Å²) in [5.41, 5.74) is 1.51. The number of hydrogen-bond donors (Lipinski definition) is 1. The first-order valence-electron chi connectivity index (χ1n) is 8.84. The molecule has 2 aromatic rings. The summed E-state index contributed by atoms with van der Waals surface area (Å²) in [7, 11) is 1.57. The maximum Gasteiger partial charge on any atom is 0.242 e. The van der Waals surface area contributed by atoms with Gasteiger partial charge in [-0.15, -0.1) is 5.10 Å². The van der Waals surface area contributed by atoms with Gasteiger partial charge in [0, 0.05) is 24.7 Å². The highest BCUT2D eigenvalue weighted by molar-refractivity contribution is 6.32. The molecule has 1 N–H and O–H groups in total. The van der Waals surface area contributed by atoms with Crippen LogP contribution in [0, 0.1) is 0 Å². The number of benzene rings is 1. The molecule has 1 aromatic carbocycles. The Morgan fingerprint density at radius 2 is 2.15 bits per heavy atom. The van der Waals surface area contributed by atoms with Gasteiger partial charge in [0.2, 0.25) is 5.91 Å². The number of hydrogen-bond acceptors (Lipinski definition) is 5. The molecule has 1 aromatic heterocycles. The number of likely N-dealkylation sites (tertiary alicyclic amines) is 1. The summed E-state index contributed by atoms with van der Waals surface area (Å²) in [5.74, 6) is 0.542. The summed E-state index contributed by atoms with van der Waals surface area (Å²) in [6.07, 6.45) is 3.74. The molecule has 7 nitrogen and oxygen atoms in total. The van der Waals surface area contributed by atoms with Gasteiger partial charge in [0.1, 0.15) is 18.0 Å². The predicted octanol–water partition coefficient (Wildman–Crippen LogP) is 2.21. The number of carbonyl (C=O) groups excluding carboxylic acids is 1. The zero-order chi connectivity index (χ0) is 18.5. The fourth-order valence-electron chi connectivity index (χ4n) is 3.14. The lowest BCUT2D eigenvalue weighted by molar-refractivity contribution is -0.122. The normalized spacial score (nSPS) is 15.8. The fraction of sp³-hybridized carbons (Fsp3) is 0.500. The Bertz CT molecular complexity index is 756. The Hall–Kier alpha value is -2.12. The highest BCUT2D eigenvalue weighted by atomic mass is 35.5. The van der Waals surface area contributed by atoms with Crippen LogP contribution in [0.1, 0.15) is 19.8 Å². The van der Waals surface area contributed by atoms with Crippen molar-refractivity contribution < 1.29 is 9.53 Å². The third-order valence-corrected chi connectivity index (χ3v) is 5.00. The average molecular weight is 378 g/mol. The lowest BCUT2D eigenvalue weighted by atomic mass is 10.1. The molecule has 1 aliphatic rings. The lowest BCUT2D eigenvalue weighted by Gasteiger charge is -2.31. The predicted molar refractivity (Wildman–Crippen MR) is 100 cm³/mol. The molecule has 8 heteroatoms. The molecule has 0 atom stereocenters. The Labute approximate surface area is 158 Å². The van der Waals surface area contributed by atoms with E-state index in [-0.39, 0.29) is 18.5 Å². The van der Waals surface area contributed by atoms with Gasteiger partial charge in [0.25, 0.3) is 0 Å². The summed E-state index contributed by atoms with van der Waals surface area (Å²) in [4.78, 5) is 14.7. The van der Waals surface area contributed by atoms with Gasteiger partial charge < -0.3 is 15.0 Å². The van der Waals surface area contributed by atoms with E-state index in [4.69, 9.17) is 16.3 Å². The number of halogens is 1. The van der Waals surface area contributed by atoms with E-state index in [2.05, 4.69) is 27.5 Å². The molecule has 3 rings (SSSR count).